The van der Waals surface area contributed by atoms with E-state index in [4.69, 9.17) is 0 Å². The summed E-state index contributed by atoms with van der Waals surface area (Å²) in [6.45, 7) is 9.18. The Bertz CT molecular complexity index is 800. The van der Waals surface area contributed by atoms with Crippen LogP contribution in [0.4, 0.5) is 10.1 Å². The second-order valence-corrected chi connectivity index (χ2v) is 8.35. The van der Waals surface area contributed by atoms with E-state index in [1.54, 1.807) is 30.3 Å². The lowest BCUT2D eigenvalue weighted by Gasteiger charge is -2.22. The Labute approximate surface area is 162 Å². The zero-order valence-electron chi connectivity index (χ0n) is 15.5. The van der Waals surface area contributed by atoms with Gasteiger partial charge in [-0.3, -0.25) is 0 Å². The fourth-order valence-corrected chi connectivity index (χ4v) is 2.64. The third-order valence-electron chi connectivity index (χ3n) is 3.66. The SMILES string of the molecule is Cc1cc(O)ccc1NC(=NCc1cc(Br)ccc1F)NCC(C)(C)C. The van der Waals surface area contributed by atoms with E-state index < -0.39 is 0 Å². The van der Waals surface area contributed by atoms with E-state index in [0.29, 0.717) is 18.1 Å². The number of aliphatic imine (C=N–C) groups is 1. The van der Waals surface area contributed by atoms with Gasteiger partial charge in [0.05, 0.1) is 6.54 Å². The fourth-order valence-electron chi connectivity index (χ4n) is 2.23. The maximum absolute atomic E-state index is 14.0. The van der Waals surface area contributed by atoms with Gasteiger partial charge in [-0.1, -0.05) is 36.7 Å². The fraction of sp³-hybridized carbons (Fsp3) is 0.350. The first kappa shape index (κ1) is 20.2. The van der Waals surface area contributed by atoms with Crippen LogP contribution in [0.3, 0.4) is 0 Å². The summed E-state index contributed by atoms with van der Waals surface area (Å²) in [5.41, 5.74) is 2.30. The number of hydrogen-bond acceptors (Lipinski definition) is 2. The zero-order valence-corrected chi connectivity index (χ0v) is 17.1. The summed E-state index contributed by atoms with van der Waals surface area (Å²) in [5.74, 6) is 0.492. The average molecular weight is 422 g/mol. The quantitative estimate of drug-likeness (QED) is 0.360. The number of halogens is 2. The molecule has 0 radical (unpaired) electrons. The molecule has 0 unspecified atom stereocenters. The average Bonchev–Trinajstić information content (AvgIpc) is 2.54. The van der Waals surface area contributed by atoms with Gasteiger partial charge in [-0.15, -0.1) is 0 Å². The molecule has 0 bridgehead atoms. The summed E-state index contributed by atoms with van der Waals surface area (Å²) in [4.78, 5) is 4.53. The van der Waals surface area contributed by atoms with Crippen molar-refractivity contribution in [3.8, 4) is 5.75 Å². The Hall–Kier alpha value is -2.08. The second kappa shape index (κ2) is 8.54. The maximum atomic E-state index is 14.0. The number of hydrogen-bond donors (Lipinski definition) is 3. The lowest BCUT2D eigenvalue weighted by molar-refractivity contribution is 0.408. The highest BCUT2D eigenvalue weighted by Gasteiger charge is 2.12. The molecule has 6 heteroatoms. The van der Waals surface area contributed by atoms with Crippen molar-refractivity contribution in [1.29, 1.82) is 0 Å². The Morgan fingerprint density at radius 3 is 2.58 bits per heavy atom. The molecule has 0 fully saturated rings. The van der Waals surface area contributed by atoms with E-state index in [9.17, 15) is 9.50 Å². The van der Waals surface area contributed by atoms with Crippen LogP contribution in [0.5, 0.6) is 5.75 Å². The van der Waals surface area contributed by atoms with E-state index in [-0.39, 0.29) is 23.5 Å². The minimum Gasteiger partial charge on any atom is -0.508 e. The molecule has 0 saturated heterocycles. The Kier molecular flexibility index (Phi) is 6.64. The largest absolute Gasteiger partial charge is 0.508 e. The van der Waals surface area contributed by atoms with E-state index in [2.05, 4.69) is 52.3 Å². The van der Waals surface area contributed by atoms with Crippen molar-refractivity contribution in [3.63, 3.8) is 0 Å². The number of benzene rings is 2. The summed E-state index contributed by atoms with van der Waals surface area (Å²) < 4.78 is 14.8. The molecule has 26 heavy (non-hydrogen) atoms. The predicted molar refractivity (Wildman–Crippen MR) is 109 cm³/mol. The van der Waals surface area contributed by atoms with Crippen LogP contribution in [-0.4, -0.2) is 17.6 Å². The number of rotatable bonds is 4. The number of phenolic OH excluding ortho intramolecular Hbond substituents is 1. The first-order chi connectivity index (χ1) is 12.1. The number of nitrogens with one attached hydrogen (secondary N) is 2. The smallest absolute Gasteiger partial charge is 0.196 e. The molecular formula is C20H25BrFN3O. The molecule has 4 nitrogen and oxygen atoms in total. The van der Waals surface area contributed by atoms with Crippen LogP contribution in [0, 0.1) is 18.2 Å². The lowest BCUT2D eigenvalue weighted by Crippen LogP contribution is -2.37. The summed E-state index contributed by atoms with van der Waals surface area (Å²) in [6, 6.07) is 9.90. The van der Waals surface area contributed by atoms with Crippen LogP contribution < -0.4 is 10.6 Å². The van der Waals surface area contributed by atoms with Gasteiger partial charge in [0.25, 0.3) is 0 Å². The summed E-state index contributed by atoms with van der Waals surface area (Å²) in [5, 5.41) is 16.1. The molecule has 0 atom stereocenters. The maximum Gasteiger partial charge on any atom is 0.196 e. The van der Waals surface area contributed by atoms with Crippen molar-refractivity contribution in [2.24, 2.45) is 10.4 Å². The van der Waals surface area contributed by atoms with Crippen LogP contribution in [0.15, 0.2) is 45.9 Å². The molecule has 0 amide bonds. The van der Waals surface area contributed by atoms with E-state index in [0.717, 1.165) is 15.7 Å². The molecule has 0 heterocycles. The number of nitrogens with zero attached hydrogens (tertiary/aromatic N) is 1. The monoisotopic (exact) mass is 421 g/mol. The van der Waals surface area contributed by atoms with Crippen molar-refractivity contribution in [1.82, 2.24) is 5.32 Å². The summed E-state index contributed by atoms with van der Waals surface area (Å²) in [6.07, 6.45) is 0. The Morgan fingerprint density at radius 1 is 1.19 bits per heavy atom. The number of guanidine groups is 1. The molecular weight excluding hydrogens is 397 g/mol. The molecule has 3 N–H and O–H groups in total. The lowest BCUT2D eigenvalue weighted by atomic mass is 9.97. The van der Waals surface area contributed by atoms with Crippen LogP contribution >= 0.6 is 15.9 Å². The predicted octanol–water partition coefficient (Wildman–Crippen LogP) is 5.21. The number of phenols is 1. The van der Waals surface area contributed by atoms with Crippen molar-refractivity contribution in [3.05, 3.63) is 57.8 Å². The van der Waals surface area contributed by atoms with Gasteiger partial charge < -0.3 is 15.7 Å². The zero-order chi connectivity index (χ0) is 19.3. The van der Waals surface area contributed by atoms with Gasteiger partial charge >= 0.3 is 0 Å². The highest BCUT2D eigenvalue weighted by Crippen LogP contribution is 2.21. The molecule has 2 aromatic carbocycles. The van der Waals surface area contributed by atoms with E-state index >= 15 is 0 Å². The molecule has 140 valence electrons. The molecule has 0 aliphatic heterocycles. The van der Waals surface area contributed by atoms with Crippen LogP contribution in [-0.2, 0) is 6.54 Å². The van der Waals surface area contributed by atoms with E-state index in [1.807, 2.05) is 6.92 Å². The van der Waals surface area contributed by atoms with Crippen LogP contribution in [0.1, 0.15) is 31.9 Å². The van der Waals surface area contributed by atoms with E-state index in [1.165, 1.54) is 6.07 Å². The summed E-state index contributed by atoms with van der Waals surface area (Å²) >= 11 is 3.36. The Balaban J connectivity index is 2.23. The third kappa shape index (κ3) is 6.33. The highest BCUT2D eigenvalue weighted by molar-refractivity contribution is 9.10. The molecule has 0 aromatic heterocycles. The first-order valence-electron chi connectivity index (χ1n) is 8.43. The van der Waals surface area contributed by atoms with Crippen molar-refractivity contribution in [2.75, 3.05) is 11.9 Å². The minimum absolute atomic E-state index is 0.0630. The van der Waals surface area contributed by atoms with Crippen LogP contribution in [0.2, 0.25) is 0 Å². The number of aryl methyl sites for hydroxylation is 1. The van der Waals surface area contributed by atoms with Gasteiger partial charge in [0.2, 0.25) is 0 Å². The van der Waals surface area contributed by atoms with Gasteiger partial charge in [-0.05, 0) is 54.3 Å². The van der Waals surface area contributed by atoms with Gasteiger partial charge in [0, 0.05) is 22.3 Å². The first-order valence-corrected chi connectivity index (χ1v) is 9.22. The van der Waals surface area contributed by atoms with Crippen molar-refractivity contribution >= 4 is 27.6 Å². The third-order valence-corrected chi connectivity index (χ3v) is 4.16. The van der Waals surface area contributed by atoms with Gasteiger partial charge in [-0.25, -0.2) is 9.38 Å². The van der Waals surface area contributed by atoms with Gasteiger partial charge in [0.15, 0.2) is 5.96 Å². The summed E-state index contributed by atoms with van der Waals surface area (Å²) in [7, 11) is 0. The minimum atomic E-state index is -0.284. The van der Waals surface area contributed by atoms with Crippen LogP contribution in [0.25, 0.3) is 0 Å². The molecule has 2 aromatic rings. The topological polar surface area (TPSA) is 56.6 Å². The van der Waals surface area contributed by atoms with Gasteiger partial charge in [-0.2, -0.15) is 0 Å². The molecule has 0 aliphatic rings. The second-order valence-electron chi connectivity index (χ2n) is 7.44. The van der Waals surface area contributed by atoms with Gasteiger partial charge in [0.1, 0.15) is 11.6 Å². The molecule has 2 rings (SSSR count). The molecule has 0 aliphatic carbocycles. The van der Waals surface area contributed by atoms with Crippen molar-refractivity contribution in [2.45, 2.75) is 34.2 Å². The number of anilines is 1. The highest BCUT2D eigenvalue weighted by atomic mass is 79.9. The standard InChI is InChI=1S/C20H25BrFN3O/c1-13-9-16(26)6-8-18(13)25-19(24-12-20(2,3)4)23-11-14-10-15(21)5-7-17(14)22/h5-10,26H,11-12H2,1-4H3,(H2,23,24,25). The molecule has 0 saturated carbocycles. The normalized spacial score (nSPS) is 12.2. The Morgan fingerprint density at radius 2 is 1.92 bits per heavy atom. The van der Waals surface area contributed by atoms with Crippen molar-refractivity contribution < 1.29 is 9.50 Å². The number of aromatic hydroxyl groups is 1. The molecule has 0 spiro atoms.